The number of ketones is 1. The van der Waals surface area contributed by atoms with E-state index in [2.05, 4.69) is 10.1 Å². The van der Waals surface area contributed by atoms with Crippen LogP contribution in [0.15, 0.2) is 24.4 Å². The van der Waals surface area contributed by atoms with Crippen molar-refractivity contribution in [3.8, 4) is 0 Å². The molecule has 0 bridgehead atoms. The Hall–Kier alpha value is -1.58. The van der Waals surface area contributed by atoms with Crippen LogP contribution >= 0.6 is 0 Å². The summed E-state index contributed by atoms with van der Waals surface area (Å²) in [6.45, 7) is 1.72. The van der Waals surface area contributed by atoms with Gasteiger partial charge in [0.15, 0.2) is 5.78 Å². The number of nitrogens with one attached hydrogen (secondary N) is 1. The number of Topliss-reactive ketones (excluding diaryl/α,β-unsaturated/α-hetero) is 1. The number of esters is 1. The molecule has 0 radical (unpaired) electrons. The van der Waals surface area contributed by atoms with Gasteiger partial charge in [-0.05, 0) is 19.2 Å². The lowest BCUT2D eigenvalue weighted by Crippen LogP contribution is -2.46. The summed E-state index contributed by atoms with van der Waals surface area (Å²) in [4.78, 5) is 22.5. The molecule has 0 aromatic rings. The summed E-state index contributed by atoms with van der Waals surface area (Å²) in [6, 6.07) is 0. The maximum absolute atomic E-state index is 11.6. The first-order valence-electron chi connectivity index (χ1n) is 4.31. The smallest absolute Gasteiger partial charge is 0.313 e. The normalized spacial score (nSPS) is 24.1. The van der Waals surface area contributed by atoms with Crippen molar-refractivity contribution in [2.45, 2.75) is 18.9 Å². The summed E-state index contributed by atoms with van der Waals surface area (Å²) in [5.74, 6) is -0.717. The first-order valence-corrected chi connectivity index (χ1v) is 4.31. The maximum Gasteiger partial charge on any atom is 0.313 e. The zero-order valence-corrected chi connectivity index (χ0v) is 8.24. The van der Waals surface area contributed by atoms with Gasteiger partial charge in [0, 0.05) is 0 Å². The minimum Gasteiger partial charge on any atom is -0.469 e. The Labute approximate surface area is 82.6 Å². The zero-order chi connectivity index (χ0) is 10.6. The van der Waals surface area contributed by atoms with Gasteiger partial charge in [-0.25, -0.2) is 0 Å². The molecule has 4 nitrogen and oxygen atoms in total. The average Bonchev–Trinajstić information content (AvgIpc) is 2.18. The molecule has 14 heavy (non-hydrogen) atoms. The molecule has 1 unspecified atom stereocenters. The van der Waals surface area contributed by atoms with Gasteiger partial charge in [0.25, 0.3) is 0 Å². The number of hydrogen-bond donors (Lipinski definition) is 1. The SMILES string of the molecule is COC(=O)CC(=O)C1(C)C=CC=CN1. The van der Waals surface area contributed by atoms with Crippen LogP contribution in [-0.4, -0.2) is 24.4 Å². The van der Waals surface area contributed by atoms with Crippen LogP contribution in [0.3, 0.4) is 0 Å². The van der Waals surface area contributed by atoms with E-state index in [0.29, 0.717) is 0 Å². The number of hydrogen-bond acceptors (Lipinski definition) is 4. The van der Waals surface area contributed by atoms with E-state index in [1.54, 1.807) is 31.4 Å². The highest BCUT2D eigenvalue weighted by Crippen LogP contribution is 2.13. The summed E-state index contributed by atoms with van der Waals surface area (Å²) >= 11 is 0. The third kappa shape index (κ3) is 2.22. The van der Waals surface area contributed by atoms with E-state index in [0.717, 1.165) is 0 Å². The Morgan fingerprint density at radius 2 is 2.14 bits per heavy atom. The lowest BCUT2D eigenvalue weighted by molar-refractivity contribution is -0.144. The number of dihydropyridines is 1. The van der Waals surface area contributed by atoms with Gasteiger partial charge in [-0.1, -0.05) is 12.2 Å². The number of ether oxygens (including phenoxy) is 1. The van der Waals surface area contributed by atoms with Crippen LogP contribution in [0.2, 0.25) is 0 Å². The van der Waals surface area contributed by atoms with Crippen molar-refractivity contribution < 1.29 is 14.3 Å². The van der Waals surface area contributed by atoms with E-state index >= 15 is 0 Å². The monoisotopic (exact) mass is 195 g/mol. The summed E-state index contributed by atoms with van der Waals surface area (Å²) in [5, 5.41) is 2.90. The van der Waals surface area contributed by atoms with E-state index < -0.39 is 11.5 Å². The Kier molecular flexibility index (Phi) is 3.06. The molecule has 1 N–H and O–H groups in total. The number of carbonyl (C=O) groups excluding carboxylic acids is 2. The van der Waals surface area contributed by atoms with Crippen molar-refractivity contribution in [2.75, 3.05) is 7.11 Å². The maximum atomic E-state index is 11.6. The second-order valence-corrected chi connectivity index (χ2v) is 3.24. The van der Waals surface area contributed by atoms with Gasteiger partial charge in [0.1, 0.15) is 12.0 Å². The van der Waals surface area contributed by atoms with Gasteiger partial charge in [0.05, 0.1) is 7.11 Å². The molecule has 0 saturated heterocycles. The molecule has 1 rings (SSSR count). The van der Waals surface area contributed by atoms with Crippen molar-refractivity contribution in [3.05, 3.63) is 24.4 Å². The van der Waals surface area contributed by atoms with E-state index in [9.17, 15) is 9.59 Å². The van der Waals surface area contributed by atoms with E-state index in [-0.39, 0.29) is 12.2 Å². The third-order valence-corrected chi connectivity index (χ3v) is 2.13. The number of carbonyl (C=O) groups is 2. The molecule has 0 aromatic carbocycles. The molecular weight excluding hydrogens is 182 g/mol. The fourth-order valence-electron chi connectivity index (χ4n) is 1.13. The fraction of sp³-hybridized carbons (Fsp3) is 0.400. The zero-order valence-electron chi connectivity index (χ0n) is 8.24. The van der Waals surface area contributed by atoms with Crippen molar-refractivity contribution in [1.29, 1.82) is 0 Å². The first-order chi connectivity index (χ1) is 6.58. The van der Waals surface area contributed by atoms with Gasteiger partial charge in [-0.2, -0.15) is 0 Å². The van der Waals surface area contributed by atoms with Gasteiger partial charge in [-0.3, -0.25) is 9.59 Å². The van der Waals surface area contributed by atoms with Crippen LogP contribution in [0.25, 0.3) is 0 Å². The molecule has 0 fully saturated rings. The van der Waals surface area contributed by atoms with E-state index in [1.165, 1.54) is 7.11 Å². The van der Waals surface area contributed by atoms with Crippen molar-refractivity contribution in [1.82, 2.24) is 5.32 Å². The van der Waals surface area contributed by atoms with Crippen LogP contribution in [-0.2, 0) is 14.3 Å². The molecule has 0 spiro atoms. The van der Waals surface area contributed by atoms with Gasteiger partial charge in [-0.15, -0.1) is 0 Å². The fourth-order valence-corrected chi connectivity index (χ4v) is 1.13. The third-order valence-electron chi connectivity index (χ3n) is 2.13. The van der Waals surface area contributed by atoms with Crippen molar-refractivity contribution in [3.63, 3.8) is 0 Å². The second-order valence-electron chi connectivity index (χ2n) is 3.24. The van der Waals surface area contributed by atoms with E-state index in [4.69, 9.17) is 0 Å². The molecule has 1 aliphatic rings. The molecule has 1 aliphatic heterocycles. The van der Waals surface area contributed by atoms with Crippen LogP contribution in [0, 0.1) is 0 Å². The Bertz CT molecular complexity index is 306. The van der Waals surface area contributed by atoms with E-state index in [1.807, 2.05) is 0 Å². The molecule has 1 heterocycles. The second kappa shape index (κ2) is 4.09. The lowest BCUT2D eigenvalue weighted by atomic mass is 9.92. The molecular formula is C10H13NO3. The van der Waals surface area contributed by atoms with Crippen LogP contribution in [0.4, 0.5) is 0 Å². The standard InChI is InChI=1S/C10H13NO3/c1-10(5-3-4-6-11-10)8(12)7-9(13)14-2/h3-6,11H,7H2,1-2H3. The predicted octanol–water partition coefficient (Wildman–Crippen LogP) is 0.550. The van der Waals surface area contributed by atoms with Crippen LogP contribution in [0.1, 0.15) is 13.3 Å². The number of allylic oxidation sites excluding steroid dienone is 2. The molecule has 0 amide bonds. The molecule has 76 valence electrons. The summed E-state index contributed by atoms with van der Waals surface area (Å²) in [5.41, 5.74) is -0.789. The summed E-state index contributed by atoms with van der Waals surface area (Å²) in [6.07, 6.45) is 6.74. The van der Waals surface area contributed by atoms with Crippen molar-refractivity contribution in [2.24, 2.45) is 0 Å². The minimum absolute atomic E-state index is 0.204. The van der Waals surface area contributed by atoms with Crippen LogP contribution in [0.5, 0.6) is 0 Å². The minimum atomic E-state index is -0.789. The molecule has 0 aliphatic carbocycles. The number of methoxy groups -OCH3 is 1. The largest absolute Gasteiger partial charge is 0.469 e. The Morgan fingerprint density at radius 3 is 2.64 bits per heavy atom. The van der Waals surface area contributed by atoms with Crippen LogP contribution < -0.4 is 5.32 Å². The topological polar surface area (TPSA) is 55.4 Å². The Balaban J connectivity index is 2.64. The average molecular weight is 195 g/mol. The lowest BCUT2D eigenvalue weighted by Gasteiger charge is -2.26. The molecule has 0 aromatic heterocycles. The number of rotatable bonds is 3. The predicted molar refractivity (Wildman–Crippen MR) is 51.5 cm³/mol. The highest BCUT2D eigenvalue weighted by atomic mass is 16.5. The van der Waals surface area contributed by atoms with Gasteiger partial charge < -0.3 is 10.1 Å². The molecule has 1 atom stereocenters. The quantitative estimate of drug-likeness (QED) is 0.528. The first kappa shape index (κ1) is 10.5. The van der Waals surface area contributed by atoms with Gasteiger partial charge in [0.2, 0.25) is 0 Å². The Morgan fingerprint density at radius 1 is 1.43 bits per heavy atom. The van der Waals surface area contributed by atoms with Gasteiger partial charge >= 0.3 is 5.97 Å². The highest BCUT2D eigenvalue weighted by molar-refractivity contribution is 6.02. The molecule has 0 saturated carbocycles. The van der Waals surface area contributed by atoms with Crippen molar-refractivity contribution >= 4 is 11.8 Å². The summed E-state index contributed by atoms with van der Waals surface area (Å²) in [7, 11) is 1.27. The molecule has 4 heteroatoms. The summed E-state index contributed by atoms with van der Waals surface area (Å²) < 4.78 is 4.43. The highest BCUT2D eigenvalue weighted by Gasteiger charge is 2.31.